The van der Waals surface area contributed by atoms with E-state index in [1.165, 1.54) is 5.69 Å². The molecule has 0 atom stereocenters. The normalized spacial score (nSPS) is 11.7. The molecule has 0 amide bonds. The van der Waals surface area contributed by atoms with Crippen molar-refractivity contribution in [3.05, 3.63) is 28.5 Å². The van der Waals surface area contributed by atoms with E-state index in [2.05, 4.69) is 45.9 Å². The second-order valence-corrected chi connectivity index (χ2v) is 14.4. The van der Waals surface area contributed by atoms with Gasteiger partial charge in [-0.3, -0.25) is 0 Å². The van der Waals surface area contributed by atoms with Gasteiger partial charge in [0.1, 0.15) is 11.3 Å². The molecule has 1 aromatic heterocycles. The molecule has 0 saturated carbocycles. The van der Waals surface area contributed by atoms with Gasteiger partial charge in [0.15, 0.2) is 0 Å². The number of aromatic nitrogens is 1. The first kappa shape index (κ1) is 11.1. The summed E-state index contributed by atoms with van der Waals surface area (Å²) in [6.07, 6.45) is 1.04. The van der Waals surface area contributed by atoms with Gasteiger partial charge < -0.3 is 4.57 Å². The molecule has 0 aliphatic rings. The smallest absolute Gasteiger partial charge is 0.144 e. The van der Waals surface area contributed by atoms with Crippen LogP contribution in [0.4, 0.5) is 0 Å². The number of pyridine rings is 1. The molecule has 1 rings (SSSR count). The number of rotatable bonds is 2. The predicted molar refractivity (Wildman–Crippen MR) is 66.4 cm³/mol. The van der Waals surface area contributed by atoms with Crippen molar-refractivity contribution >= 4 is 34.2 Å². The average Bonchev–Trinajstić information content (AvgIpc) is 1.95. The fraction of sp³-hybridized carbons (Fsp3) is 0.444. The Morgan fingerprint density at radius 2 is 2.08 bits per heavy atom. The minimum Gasteiger partial charge on any atom is -0.339 e. The number of aryl methyl sites for hydroxylation is 1. The highest BCUT2D eigenvalue weighted by atomic mass is 79.9. The highest BCUT2D eigenvalue weighted by Gasteiger charge is 2.17. The molecule has 4 heteroatoms. The third kappa shape index (κ3) is 3.36. The molecule has 0 spiro atoms. The van der Waals surface area contributed by atoms with Crippen LogP contribution in [0, 0.1) is 11.6 Å². The summed E-state index contributed by atoms with van der Waals surface area (Å²) in [7, 11) is 0. The summed E-state index contributed by atoms with van der Waals surface area (Å²) >= 11 is 9.03. The Bertz CT molecular complexity index is 353. The maximum absolute atomic E-state index is 5.27. The van der Waals surface area contributed by atoms with Gasteiger partial charge in [-0.1, -0.05) is 31.4 Å². The van der Waals surface area contributed by atoms with Gasteiger partial charge in [-0.05, 0) is 19.1 Å². The minimum atomic E-state index is -1.25. The van der Waals surface area contributed by atoms with E-state index >= 15 is 0 Å². The Kier molecular flexibility index (Phi) is 3.48. The molecule has 0 aliphatic heterocycles. The Balaban J connectivity index is 3.08. The van der Waals surface area contributed by atoms with E-state index in [0.717, 1.165) is 10.8 Å². The summed E-state index contributed by atoms with van der Waals surface area (Å²) in [5, 5.41) is 0. The third-order valence-corrected chi connectivity index (χ3v) is 3.98. The summed E-state index contributed by atoms with van der Waals surface area (Å²) in [6, 6.07) is 6.09. The van der Waals surface area contributed by atoms with E-state index in [0.29, 0.717) is 0 Å². The van der Waals surface area contributed by atoms with Crippen molar-refractivity contribution in [2.24, 2.45) is 0 Å². The van der Waals surface area contributed by atoms with Crippen LogP contribution in [0.5, 0.6) is 0 Å². The zero-order chi connectivity index (χ0) is 10.1. The van der Waals surface area contributed by atoms with Crippen LogP contribution >= 0.6 is 27.5 Å². The first-order valence-corrected chi connectivity index (χ1v) is 10.1. The highest BCUT2D eigenvalue weighted by Crippen LogP contribution is 2.15. The molecular weight excluding hydrogens is 262 g/mol. The standard InChI is InChI=1S/C9H14BrNSSi/c1-8-5-4-6-9(12)11(8)7-13(2,3)10/h4-6H,7H2,1-3H3. The predicted octanol–water partition coefficient (Wildman–Crippen LogP) is 3.67. The fourth-order valence-electron chi connectivity index (χ4n) is 1.20. The van der Waals surface area contributed by atoms with E-state index < -0.39 is 6.69 Å². The summed E-state index contributed by atoms with van der Waals surface area (Å²) in [4.78, 5) is 0. The van der Waals surface area contributed by atoms with Crippen molar-refractivity contribution < 1.29 is 0 Å². The molecule has 1 nitrogen and oxygen atoms in total. The Morgan fingerprint density at radius 3 is 2.54 bits per heavy atom. The number of hydrogen-bond donors (Lipinski definition) is 0. The minimum absolute atomic E-state index is 0.931. The lowest BCUT2D eigenvalue weighted by atomic mass is 10.4. The largest absolute Gasteiger partial charge is 0.339 e. The van der Waals surface area contributed by atoms with Crippen molar-refractivity contribution in [1.29, 1.82) is 0 Å². The summed E-state index contributed by atoms with van der Waals surface area (Å²) in [6.45, 7) is 5.41. The average molecular weight is 276 g/mol. The van der Waals surface area contributed by atoms with Crippen LogP contribution in [0.3, 0.4) is 0 Å². The molecule has 0 bridgehead atoms. The number of hydrogen-bond acceptors (Lipinski definition) is 1. The van der Waals surface area contributed by atoms with Crippen molar-refractivity contribution in [2.75, 3.05) is 0 Å². The molecule has 72 valence electrons. The van der Waals surface area contributed by atoms with Crippen LogP contribution < -0.4 is 0 Å². The van der Waals surface area contributed by atoms with Gasteiger partial charge in [-0.25, -0.2) is 0 Å². The van der Waals surface area contributed by atoms with E-state index in [9.17, 15) is 0 Å². The lowest BCUT2D eigenvalue weighted by molar-refractivity contribution is 0.800. The van der Waals surface area contributed by atoms with Gasteiger partial charge in [0, 0.05) is 11.9 Å². The van der Waals surface area contributed by atoms with Gasteiger partial charge >= 0.3 is 0 Å². The van der Waals surface area contributed by atoms with Gasteiger partial charge in [0.25, 0.3) is 0 Å². The number of halogens is 1. The second kappa shape index (κ2) is 4.07. The first-order valence-electron chi connectivity index (χ1n) is 4.25. The Hall–Kier alpha value is 0.0669. The van der Waals surface area contributed by atoms with Crippen molar-refractivity contribution in [3.8, 4) is 0 Å². The van der Waals surface area contributed by atoms with Crippen LogP contribution in [-0.2, 0) is 6.17 Å². The van der Waals surface area contributed by atoms with Gasteiger partial charge in [-0.15, -0.1) is 15.3 Å². The first-order chi connectivity index (χ1) is 5.90. The highest BCUT2D eigenvalue weighted by molar-refractivity contribution is 9.26. The van der Waals surface area contributed by atoms with E-state index in [-0.39, 0.29) is 0 Å². The summed E-state index contributed by atoms with van der Waals surface area (Å²) < 4.78 is 3.14. The molecule has 0 unspecified atom stereocenters. The van der Waals surface area contributed by atoms with E-state index in [1.807, 2.05) is 12.1 Å². The summed E-state index contributed by atoms with van der Waals surface area (Å²) in [5.74, 6) is 0. The van der Waals surface area contributed by atoms with Crippen LogP contribution in [0.1, 0.15) is 5.69 Å². The Labute approximate surface area is 93.4 Å². The topological polar surface area (TPSA) is 4.93 Å². The quantitative estimate of drug-likeness (QED) is 0.453. The monoisotopic (exact) mass is 275 g/mol. The lowest BCUT2D eigenvalue weighted by Crippen LogP contribution is -2.26. The van der Waals surface area contributed by atoms with Crippen LogP contribution in [0.15, 0.2) is 18.2 Å². The molecular formula is C9H14BrNSSi. The lowest BCUT2D eigenvalue weighted by Gasteiger charge is -2.18. The van der Waals surface area contributed by atoms with Crippen LogP contribution in [-0.4, -0.2) is 11.3 Å². The molecule has 0 N–H and O–H groups in total. The van der Waals surface area contributed by atoms with Crippen molar-refractivity contribution in [2.45, 2.75) is 26.2 Å². The maximum atomic E-state index is 5.27. The van der Waals surface area contributed by atoms with Gasteiger partial charge in [0.05, 0.1) is 0 Å². The fourth-order valence-corrected chi connectivity index (χ4v) is 3.53. The molecule has 0 saturated heterocycles. The van der Waals surface area contributed by atoms with E-state index in [1.54, 1.807) is 0 Å². The summed E-state index contributed by atoms with van der Waals surface area (Å²) in [5.41, 5.74) is 1.24. The van der Waals surface area contributed by atoms with Gasteiger partial charge in [-0.2, -0.15) is 0 Å². The number of nitrogens with zero attached hydrogens (tertiary/aromatic N) is 1. The maximum Gasteiger partial charge on any atom is 0.144 e. The zero-order valence-corrected chi connectivity index (χ0v) is 11.6. The van der Waals surface area contributed by atoms with Crippen LogP contribution in [0.25, 0.3) is 0 Å². The molecule has 0 aromatic carbocycles. The van der Waals surface area contributed by atoms with Crippen molar-refractivity contribution in [1.82, 2.24) is 4.57 Å². The van der Waals surface area contributed by atoms with Gasteiger partial charge in [0.2, 0.25) is 0 Å². The molecule has 0 fully saturated rings. The Morgan fingerprint density at radius 1 is 1.46 bits per heavy atom. The van der Waals surface area contributed by atoms with Crippen LogP contribution in [0.2, 0.25) is 13.1 Å². The molecule has 0 aliphatic carbocycles. The third-order valence-electron chi connectivity index (χ3n) is 1.80. The zero-order valence-electron chi connectivity index (χ0n) is 8.17. The molecule has 1 heterocycles. The van der Waals surface area contributed by atoms with E-state index in [4.69, 9.17) is 12.2 Å². The molecule has 0 radical (unpaired) electrons. The molecule has 1 aromatic rings. The SMILES string of the molecule is Cc1cccc(=S)n1C[Si](C)(C)Br. The molecule has 13 heavy (non-hydrogen) atoms. The van der Waals surface area contributed by atoms with Crippen molar-refractivity contribution in [3.63, 3.8) is 0 Å². The second-order valence-electron chi connectivity index (χ2n) is 3.81.